The quantitative estimate of drug-likeness (QED) is 0.731. The van der Waals surface area contributed by atoms with Gasteiger partial charge in [-0.3, -0.25) is 14.4 Å². The molecule has 1 amide bonds. The highest BCUT2D eigenvalue weighted by Crippen LogP contribution is 2.15. The summed E-state index contributed by atoms with van der Waals surface area (Å²) in [5.41, 5.74) is -0.0172. The number of halogens is 1. The monoisotopic (exact) mass is 340 g/mol. The van der Waals surface area contributed by atoms with Gasteiger partial charge < -0.3 is 5.32 Å². The number of aromatic nitrogens is 3. The van der Waals surface area contributed by atoms with Crippen molar-refractivity contribution >= 4 is 28.3 Å². The summed E-state index contributed by atoms with van der Waals surface area (Å²) in [6, 6.07) is 10.3. The van der Waals surface area contributed by atoms with E-state index < -0.39 is 23.7 Å². The van der Waals surface area contributed by atoms with E-state index in [1.54, 1.807) is 24.3 Å². The first-order valence-electron chi connectivity index (χ1n) is 7.38. The molecule has 0 aliphatic carbocycles. The first kappa shape index (κ1) is 16.4. The van der Waals surface area contributed by atoms with E-state index in [9.17, 15) is 18.8 Å². The Hall–Kier alpha value is -3.42. The van der Waals surface area contributed by atoms with Crippen molar-refractivity contribution < 1.29 is 14.0 Å². The van der Waals surface area contributed by atoms with Crippen molar-refractivity contribution in [3.8, 4) is 0 Å². The van der Waals surface area contributed by atoms with Gasteiger partial charge in [0.1, 0.15) is 17.9 Å². The second-order valence-electron chi connectivity index (χ2n) is 5.37. The summed E-state index contributed by atoms with van der Waals surface area (Å²) in [4.78, 5) is 35.6. The zero-order valence-corrected chi connectivity index (χ0v) is 13.2. The molecule has 2 aromatic carbocycles. The average Bonchev–Trinajstić information content (AvgIpc) is 2.57. The van der Waals surface area contributed by atoms with Gasteiger partial charge in [-0.05, 0) is 30.3 Å². The zero-order chi connectivity index (χ0) is 18.0. The molecule has 0 fully saturated rings. The lowest BCUT2D eigenvalue weighted by atomic mass is 10.1. The van der Waals surface area contributed by atoms with Crippen molar-refractivity contribution in [2.45, 2.75) is 13.5 Å². The number of hydrogen-bond acceptors (Lipinski definition) is 5. The summed E-state index contributed by atoms with van der Waals surface area (Å²) < 4.78 is 15.0. The molecule has 1 heterocycles. The Morgan fingerprint density at radius 3 is 2.68 bits per heavy atom. The maximum Gasteiger partial charge on any atom is 0.278 e. The third-order valence-corrected chi connectivity index (χ3v) is 3.51. The van der Waals surface area contributed by atoms with Crippen LogP contribution in [-0.4, -0.2) is 26.7 Å². The smallest absolute Gasteiger partial charge is 0.278 e. The molecule has 0 aliphatic rings. The van der Waals surface area contributed by atoms with Gasteiger partial charge in [0.15, 0.2) is 5.78 Å². The van der Waals surface area contributed by atoms with Crippen LogP contribution in [0.3, 0.4) is 0 Å². The van der Waals surface area contributed by atoms with Gasteiger partial charge in [-0.2, -0.15) is 0 Å². The van der Waals surface area contributed by atoms with Crippen LogP contribution >= 0.6 is 0 Å². The lowest BCUT2D eigenvalue weighted by Crippen LogP contribution is -2.28. The number of ketones is 1. The second-order valence-corrected chi connectivity index (χ2v) is 5.37. The van der Waals surface area contributed by atoms with Crippen molar-refractivity contribution in [3.05, 3.63) is 64.2 Å². The maximum atomic E-state index is 14.1. The molecule has 0 unspecified atom stereocenters. The molecule has 7 nitrogen and oxygen atoms in total. The number of carbonyl (C=O) groups excluding carboxylic acids is 2. The number of Topliss-reactive ketones (excluding diaryl/α,β-unsaturated/α-hetero) is 1. The topological polar surface area (TPSA) is 93.9 Å². The molecule has 126 valence electrons. The number of benzene rings is 2. The number of hydrogen-bond donors (Lipinski definition) is 1. The highest BCUT2D eigenvalue weighted by molar-refractivity contribution is 5.97. The van der Waals surface area contributed by atoms with E-state index in [1.165, 1.54) is 19.1 Å². The summed E-state index contributed by atoms with van der Waals surface area (Å²) >= 11 is 0. The van der Waals surface area contributed by atoms with E-state index in [1.807, 2.05) is 0 Å². The van der Waals surface area contributed by atoms with Crippen molar-refractivity contribution in [2.24, 2.45) is 0 Å². The van der Waals surface area contributed by atoms with E-state index in [4.69, 9.17) is 0 Å². The minimum atomic E-state index is -0.793. The number of anilines is 1. The zero-order valence-electron chi connectivity index (χ0n) is 13.2. The fourth-order valence-electron chi connectivity index (χ4n) is 2.37. The molecule has 0 aliphatic heterocycles. The van der Waals surface area contributed by atoms with Gasteiger partial charge in [-0.15, -0.1) is 5.10 Å². The van der Waals surface area contributed by atoms with Crippen LogP contribution in [0.5, 0.6) is 0 Å². The van der Waals surface area contributed by atoms with Crippen molar-refractivity contribution in [1.29, 1.82) is 0 Å². The van der Waals surface area contributed by atoms with Gasteiger partial charge in [0.05, 0.1) is 10.9 Å². The average molecular weight is 340 g/mol. The molecule has 0 saturated heterocycles. The Kier molecular flexibility index (Phi) is 4.34. The van der Waals surface area contributed by atoms with Crippen LogP contribution < -0.4 is 10.9 Å². The van der Waals surface area contributed by atoms with Crippen LogP contribution in [0, 0.1) is 5.82 Å². The molecule has 0 atom stereocenters. The Morgan fingerprint density at radius 1 is 1.20 bits per heavy atom. The minimum absolute atomic E-state index is 0.198. The fourth-order valence-corrected chi connectivity index (χ4v) is 2.37. The Bertz CT molecular complexity index is 1050. The van der Waals surface area contributed by atoms with E-state index in [0.29, 0.717) is 10.9 Å². The van der Waals surface area contributed by atoms with E-state index in [-0.39, 0.29) is 17.2 Å². The molecule has 0 saturated carbocycles. The lowest BCUT2D eigenvalue weighted by Gasteiger charge is -2.07. The molecule has 3 rings (SSSR count). The number of nitrogens with zero attached hydrogens (tertiary/aromatic N) is 3. The first-order chi connectivity index (χ1) is 12.0. The van der Waals surface area contributed by atoms with Crippen LogP contribution in [0.4, 0.5) is 10.1 Å². The van der Waals surface area contributed by atoms with Gasteiger partial charge >= 0.3 is 0 Å². The Morgan fingerprint density at radius 2 is 1.96 bits per heavy atom. The van der Waals surface area contributed by atoms with Gasteiger partial charge in [0, 0.05) is 12.6 Å². The molecule has 1 aromatic heterocycles. The summed E-state index contributed by atoms with van der Waals surface area (Å²) in [5, 5.41) is 10.3. The number of rotatable bonds is 4. The number of amides is 1. The predicted molar refractivity (Wildman–Crippen MR) is 88.8 cm³/mol. The molecule has 0 bridgehead atoms. The normalized spacial score (nSPS) is 10.6. The molecular formula is C17H13FN4O3. The van der Waals surface area contributed by atoms with Crippen LogP contribution in [-0.2, 0) is 11.3 Å². The van der Waals surface area contributed by atoms with Gasteiger partial charge in [-0.1, -0.05) is 17.3 Å². The predicted octanol–water partition coefficient (Wildman–Crippen LogP) is 1.77. The second kappa shape index (κ2) is 6.60. The van der Waals surface area contributed by atoms with Crippen LogP contribution in [0.1, 0.15) is 17.3 Å². The van der Waals surface area contributed by atoms with Gasteiger partial charge in [0.2, 0.25) is 5.91 Å². The van der Waals surface area contributed by atoms with Crippen molar-refractivity contribution in [1.82, 2.24) is 15.0 Å². The van der Waals surface area contributed by atoms with Crippen LogP contribution in [0.25, 0.3) is 10.9 Å². The summed E-state index contributed by atoms with van der Waals surface area (Å²) in [6.07, 6.45) is 0. The number of nitrogens with one attached hydrogen (secondary N) is 1. The van der Waals surface area contributed by atoms with Gasteiger partial charge in [-0.25, -0.2) is 9.07 Å². The molecular weight excluding hydrogens is 327 g/mol. The van der Waals surface area contributed by atoms with E-state index in [2.05, 4.69) is 15.6 Å². The molecule has 8 heteroatoms. The third kappa shape index (κ3) is 3.42. The largest absolute Gasteiger partial charge is 0.326 e. The first-order valence-corrected chi connectivity index (χ1v) is 7.38. The summed E-state index contributed by atoms with van der Waals surface area (Å²) in [6.45, 7) is 0.856. The van der Waals surface area contributed by atoms with Crippen LogP contribution in [0.2, 0.25) is 0 Å². The summed E-state index contributed by atoms with van der Waals surface area (Å²) in [7, 11) is 0. The maximum absolute atomic E-state index is 14.1. The Labute approximate surface area is 141 Å². The number of carbonyl (C=O) groups is 2. The number of fused-ring (bicyclic) bond motifs is 1. The standard InChI is InChI=1S/C17H13FN4O3/c1-10(23)19-11-6-7-12(14(18)8-11)16(24)9-22-17(25)13-4-2-3-5-15(13)20-21-22/h2-8H,9H2,1H3,(H,19,23). The van der Waals surface area contributed by atoms with E-state index >= 15 is 0 Å². The van der Waals surface area contributed by atoms with Gasteiger partial charge in [0.25, 0.3) is 5.56 Å². The van der Waals surface area contributed by atoms with Crippen molar-refractivity contribution in [2.75, 3.05) is 5.32 Å². The molecule has 1 N–H and O–H groups in total. The summed E-state index contributed by atoms with van der Waals surface area (Å²) in [5.74, 6) is -1.77. The molecule has 0 spiro atoms. The minimum Gasteiger partial charge on any atom is -0.326 e. The van der Waals surface area contributed by atoms with E-state index in [0.717, 1.165) is 10.7 Å². The fraction of sp³-hybridized carbons (Fsp3) is 0.118. The highest BCUT2D eigenvalue weighted by atomic mass is 19.1. The van der Waals surface area contributed by atoms with Crippen LogP contribution in [0.15, 0.2) is 47.3 Å². The highest BCUT2D eigenvalue weighted by Gasteiger charge is 2.15. The Balaban J connectivity index is 1.89. The lowest BCUT2D eigenvalue weighted by molar-refractivity contribution is -0.114. The van der Waals surface area contributed by atoms with Crippen molar-refractivity contribution in [3.63, 3.8) is 0 Å². The SMILES string of the molecule is CC(=O)Nc1ccc(C(=O)Cn2nnc3ccccc3c2=O)c(F)c1. The molecule has 25 heavy (non-hydrogen) atoms. The molecule has 0 radical (unpaired) electrons. The third-order valence-electron chi connectivity index (χ3n) is 3.51. The molecule has 3 aromatic rings.